The molecule has 0 aromatic heterocycles. The maximum absolute atomic E-state index is 12.8. The van der Waals surface area contributed by atoms with E-state index in [1.165, 1.54) is 5.56 Å². The number of likely N-dealkylation sites (tertiary alicyclic amines) is 1. The van der Waals surface area contributed by atoms with Gasteiger partial charge in [-0.2, -0.15) is 0 Å². The van der Waals surface area contributed by atoms with Crippen LogP contribution in [0.5, 0.6) is 0 Å². The second-order valence-corrected chi connectivity index (χ2v) is 7.29. The van der Waals surface area contributed by atoms with E-state index in [9.17, 15) is 14.7 Å². The molecule has 3 rings (SSSR count). The van der Waals surface area contributed by atoms with Crippen molar-refractivity contribution in [3.8, 4) is 0 Å². The first kappa shape index (κ1) is 17.0. The van der Waals surface area contributed by atoms with Crippen molar-refractivity contribution in [2.75, 3.05) is 13.1 Å². The largest absolute Gasteiger partial charge is 0.481 e. The minimum atomic E-state index is -0.799. The lowest BCUT2D eigenvalue weighted by molar-refractivity contribution is -0.152. The van der Waals surface area contributed by atoms with Crippen LogP contribution in [0.1, 0.15) is 44.1 Å². The summed E-state index contributed by atoms with van der Waals surface area (Å²) in [4.78, 5) is 26.2. The van der Waals surface area contributed by atoms with Gasteiger partial charge in [-0.15, -0.1) is 0 Å². The number of benzene rings is 1. The van der Waals surface area contributed by atoms with Crippen molar-refractivity contribution in [2.45, 2.75) is 44.9 Å². The Morgan fingerprint density at radius 3 is 2.21 bits per heavy atom. The van der Waals surface area contributed by atoms with Crippen LogP contribution in [-0.4, -0.2) is 35.0 Å². The quantitative estimate of drug-likeness (QED) is 0.921. The molecule has 1 saturated heterocycles. The molecule has 2 aliphatic rings. The Bertz CT molecular complexity index is 564. The Morgan fingerprint density at radius 1 is 0.958 bits per heavy atom. The van der Waals surface area contributed by atoms with Gasteiger partial charge in [-0.1, -0.05) is 43.2 Å². The highest BCUT2D eigenvalue weighted by Crippen LogP contribution is 2.33. The number of piperidine rings is 1. The third kappa shape index (κ3) is 3.97. The standard InChI is InChI=1S/C20H27NO3/c22-19(17-8-4-5-9-18(17)20(23)24)21-12-10-16(11-13-21)14-15-6-2-1-3-7-15/h1-3,6-7,16-18H,4-5,8-14H2,(H,23,24). The fraction of sp³-hybridized carbons (Fsp3) is 0.600. The third-order valence-electron chi connectivity index (χ3n) is 5.69. The molecule has 2 fully saturated rings. The Hall–Kier alpha value is -1.84. The monoisotopic (exact) mass is 329 g/mol. The van der Waals surface area contributed by atoms with Crippen LogP contribution in [0.15, 0.2) is 30.3 Å². The number of carboxylic acid groups (broad SMARTS) is 1. The molecule has 24 heavy (non-hydrogen) atoms. The summed E-state index contributed by atoms with van der Waals surface area (Å²) in [5.41, 5.74) is 1.36. The van der Waals surface area contributed by atoms with Gasteiger partial charge in [-0.25, -0.2) is 0 Å². The number of carbonyl (C=O) groups is 2. The van der Waals surface area contributed by atoms with Crippen LogP contribution >= 0.6 is 0 Å². The van der Waals surface area contributed by atoms with Crippen LogP contribution in [0.4, 0.5) is 0 Å². The molecule has 1 amide bonds. The van der Waals surface area contributed by atoms with Gasteiger partial charge in [0.1, 0.15) is 0 Å². The van der Waals surface area contributed by atoms with Gasteiger partial charge in [0, 0.05) is 13.1 Å². The lowest BCUT2D eigenvalue weighted by Crippen LogP contribution is -2.46. The maximum Gasteiger partial charge on any atom is 0.307 e. The van der Waals surface area contributed by atoms with Crippen molar-refractivity contribution in [2.24, 2.45) is 17.8 Å². The molecule has 1 aliphatic carbocycles. The van der Waals surface area contributed by atoms with E-state index >= 15 is 0 Å². The van der Waals surface area contributed by atoms with Gasteiger partial charge in [-0.05, 0) is 43.6 Å². The molecule has 1 heterocycles. The molecular weight excluding hydrogens is 302 g/mol. The summed E-state index contributed by atoms with van der Waals surface area (Å²) < 4.78 is 0. The molecular formula is C20H27NO3. The van der Waals surface area contributed by atoms with E-state index in [4.69, 9.17) is 0 Å². The van der Waals surface area contributed by atoms with Gasteiger partial charge in [-0.3, -0.25) is 9.59 Å². The average Bonchev–Trinajstić information content (AvgIpc) is 2.62. The molecule has 1 aromatic carbocycles. The predicted octanol–water partition coefficient (Wildman–Crippen LogP) is 3.36. The number of hydrogen-bond acceptors (Lipinski definition) is 2. The number of amides is 1. The van der Waals surface area contributed by atoms with Crippen molar-refractivity contribution in [1.82, 2.24) is 4.90 Å². The highest BCUT2D eigenvalue weighted by atomic mass is 16.4. The Morgan fingerprint density at radius 2 is 1.58 bits per heavy atom. The molecule has 2 atom stereocenters. The highest BCUT2D eigenvalue weighted by Gasteiger charge is 2.38. The number of carbonyl (C=O) groups excluding carboxylic acids is 1. The Kier molecular flexibility index (Phi) is 5.54. The maximum atomic E-state index is 12.8. The zero-order valence-corrected chi connectivity index (χ0v) is 14.2. The zero-order valence-electron chi connectivity index (χ0n) is 14.2. The molecule has 0 spiro atoms. The zero-order chi connectivity index (χ0) is 16.9. The normalized spacial score (nSPS) is 25.4. The summed E-state index contributed by atoms with van der Waals surface area (Å²) in [6.45, 7) is 1.55. The second kappa shape index (κ2) is 7.82. The molecule has 4 heteroatoms. The van der Waals surface area contributed by atoms with Gasteiger partial charge in [0.2, 0.25) is 5.91 Å². The van der Waals surface area contributed by atoms with Crippen LogP contribution in [-0.2, 0) is 16.0 Å². The van der Waals surface area contributed by atoms with Crippen molar-refractivity contribution in [3.05, 3.63) is 35.9 Å². The van der Waals surface area contributed by atoms with E-state index in [0.717, 1.165) is 51.6 Å². The molecule has 4 nitrogen and oxygen atoms in total. The van der Waals surface area contributed by atoms with Crippen molar-refractivity contribution in [1.29, 1.82) is 0 Å². The molecule has 0 bridgehead atoms. The number of rotatable bonds is 4. The molecule has 1 aromatic rings. The van der Waals surface area contributed by atoms with Gasteiger partial charge in [0.25, 0.3) is 0 Å². The number of hydrogen-bond donors (Lipinski definition) is 1. The van der Waals surface area contributed by atoms with Crippen molar-refractivity contribution in [3.63, 3.8) is 0 Å². The summed E-state index contributed by atoms with van der Waals surface area (Å²) in [5, 5.41) is 9.39. The van der Waals surface area contributed by atoms with E-state index in [0.29, 0.717) is 12.3 Å². The number of carboxylic acids is 1. The first-order chi connectivity index (χ1) is 11.6. The molecule has 0 radical (unpaired) electrons. The fourth-order valence-electron chi connectivity index (χ4n) is 4.26. The molecule has 1 aliphatic heterocycles. The molecule has 1 N–H and O–H groups in total. The van der Waals surface area contributed by atoms with Gasteiger partial charge < -0.3 is 10.0 Å². The van der Waals surface area contributed by atoms with Gasteiger partial charge in [0.05, 0.1) is 11.8 Å². The number of nitrogens with zero attached hydrogens (tertiary/aromatic N) is 1. The topological polar surface area (TPSA) is 57.6 Å². The predicted molar refractivity (Wildman–Crippen MR) is 92.5 cm³/mol. The second-order valence-electron chi connectivity index (χ2n) is 7.29. The summed E-state index contributed by atoms with van der Waals surface area (Å²) in [7, 11) is 0. The van der Waals surface area contributed by atoms with E-state index in [-0.39, 0.29) is 11.8 Å². The van der Waals surface area contributed by atoms with E-state index in [1.807, 2.05) is 11.0 Å². The van der Waals surface area contributed by atoms with E-state index in [2.05, 4.69) is 24.3 Å². The van der Waals surface area contributed by atoms with Crippen molar-refractivity contribution < 1.29 is 14.7 Å². The summed E-state index contributed by atoms with van der Waals surface area (Å²) in [5.74, 6) is -0.874. The minimum Gasteiger partial charge on any atom is -0.481 e. The summed E-state index contributed by atoms with van der Waals surface area (Å²) >= 11 is 0. The van der Waals surface area contributed by atoms with Crippen LogP contribution in [0.3, 0.4) is 0 Å². The lowest BCUT2D eigenvalue weighted by atomic mass is 9.78. The smallest absolute Gasteiger partial charge is 0.307 e. The lowest BCUT2D eigenvalue weighted by Gasteiger charge is -2.37. The van der Waals surface area contributed by atoms with Crippen molar-refractivity contribution >= 4 is 11.9 Å². The number of aliphatic carboxylic acids is 1. The minimum absolute atomic E-state index is 0.0836. The summed E-state index contributed by atoms with van der Waals surface area (Å²) in [6.07, 6.45) is 6.40. The van der Waals surface area contributed by atoms with Gasteiger partial charge in [0.15, 0.2) is 0 Å². The van der Waals surface area contributed by atoms with E-state index < -0.39 is 11.9 Å². The molecule has 130 valence electrons. The molecule has 2 unspecified atom stereocenters. The van der Waals surface area contributed by atoms with Gasteiger partial charge >= 0.3 is 5.97 Å². The summed E-state index contributed by atoms with van der Waals surface area (Å²) in [6, 6.07) is 10.5. The van der Waals surface area contributed by atoms with E-state index in [1.54, 1.807) is 0 Å². The average molecular weight is 329 g/mol. The van der Waals surface area contributed by atoms with Crippen LogP contribution in [0, 0.1) is 17.8 Å². The Balaban J connectivity index is 1.54. The molecule has 1 saturated carbocycles. The Labute approximate surface area is 143 Å². The SMILES string of the molecule is O=C(O)C1CCCCC1C(=O)N1CCC(Cc2ccccc2)CC1. The highest BCUT2D eigenvalue weighted by molar-refractivity contribution is 5.85. The van der Waals surface area contributed by atoms with Crippen LogP contribution < -0.4 is 0 Å². The third-order valence-corrected chi connectivity index (χ3v) is 5.69. The van der Waals surface area contributed by atoms with Crippen LogP contribution in [0.2, 0.25) is 0 Å². The van der Waals surface area contributed by atoms with Crippen LogP contribution in [0.25, 0.3) is 0 Å². The first-order valence-corrected chi connectivity index (χ1v) is 9.20. The fourth-order valence-corrected chi connectivity index (χ4v) is 4.26. The first-order valence-electron chi connectivity index (χ1n) is 9.20.